The standard InChI is InChI=1S/C13H15NO2/c1-4-9-14(5-2)12-10(3)7-6-8-11(12)13(15)16/h1,6-8H,5,9H2,2-3H3,(H,15,16). The summed E-state index contributed by atoms with van der Waals surface area (Å²) in [6.07, 6.45) is 5.28. The number of carboxylic acid groups (broad SMARTS) is 1. The van der Waals surface area contributed by atoms with Crippen LogP contribution in [0.3, 0.4) is 0 Å². The Morgan fingerprint density at radius 3 is 2.75 bits per heavy atom. The third kappa shape index (κ3) is 2.34. The maximum Gasteiger partial charge on any atom is 0.337 e. The smallest absolute Gasteiger partial charge is 0.337 e. The second-order valence-corrected chi connectivity index (χ2v) is 3.49. The van der Waals surface area contributed by atoms with Crippen molar-refractivity contribution in [3.05, 3.63) is 29.3 Å². The average molecular weight is 217 g/mol. The molecule has 1 aromatic rings. The lowest BCUT2D eigenvalue weighted by molar-refractivity contribution is 0.0697. The van der Waals surface area contributed by atoms with E-state index in [-0.39, 0.29) is 0 Å². The molecule has 16 heavy (non-hydrogen) atoms. The van der Waals surface area contributed by atoms with Gasteiger partial charge in [-0.15, -0.1) is 6.42 Å². The monoisotopic (exact) mass is 217 g/mol. The fourth-order valence-electron chi connectivity index (χ4n) is 1.71. The number of terminal acetylenes is 1. The highest BCUT2D eigenvalue weighted by molar-refractivity contribution is 5.95. The van der Waals surface area contributed by atoms with E-state index in [0.29, 0.717) is 18.7 Å². The van der Waals surface area contributed by atoms with Crippen molar-refractivity contribution in [1.29, 1.82) is 0 Å². The van der Waals surface area contributed by atoms with Crippen molar-refractivity contribution < 1.29 is 9.90 Å². The van der Waals surface area contributed by atoms with Gasteiger partial charge in [0.25, 0.3) is 0 Å². The van der Waals surface area contributed by atoms with Gasteiger partial charge < -0.3 is 10.0 Å². The number of carboxylic acids is 1. The van der Waals surface area contributed by atoms with Crippen molar-refractivity contribution in [3.8, 4) is 12.3 Å². The van der Waals surface area contributed by atoms with Crippen LogP contribution in [0.5, 0.6) is 0 Å². The number of hydrogen-bond donors (Lipinski definition) is 1. The first-order valence-electron chi connectivity index (χ1n) is 5.13. The van der Waals surface area contributed by atoms with Gasteiger partial charge in [-0.25, -0.2) is 4.79 Å². The van der Waals surface area contributed by atoms with Gasteiger partial charge in [-0.3, -0.25) is 0 Å². The van der Waals surface area contributed by atoms with Crippen molar-refractivity contribution in [1.82, 2.24) is 0 Å². The Labute approximate surface area is 95.7 Å². The number of hydrogen-bond acceptors (Lipinski definition) is 2. The molecule has 0 unspecified atom stereocenters. The van der Waals surface area contributed by atoms with Gasteiger partial charge in [0.2, 0.25) is 0 Å². The molecule has 0 aromatic heterocycles. The van der Waals surface area contributed by atoms with E-state index in [9.17, 15) is 4.79 Å². The number of aromatic carboxylic acids is 1. The molecule has 0 saturated heterocycles. The molecule has 0 aliphatic carbocycles. The van der Waals surface area contributed by atoms with E-state index in [1.54, 1.807) is 12.1 Å². The lowest BCUT2D eigenvalue weighted by atomic mass is 10.1. The zero-order valence-corrected chi connectivity index (χ0v) is 9.53. The predicted octanol–water partition coefficient (Wildman–Crippen LogP) is 2.15. The zero-order valence-electron chi connectivity index (χ0n) is 9.53. The van der Waals surface area contributed by atoms with Gasteiger partial charge in [0, 0.05) is 6.54 Å². The second kappa shape index (κ2) is 5.22. The number of carbonyl (C=O) groups is 1. The van der Waals surface area contributed by atoms with Gasteiger partial charge in [-0.2, -0.15) is 0 Å². The molecule has 1 aromatic carbocycles. The number of benzene rings is 1. The van der Waals surface area contributed by atoms with Crippen LogP contribution in [0.1, 0.15) is 22.8 Å². The molecule has 0 aliphatic heterocycles. The van der Waals surface area contributed by atoms with Crippen molar-refractivity contribution >= 4 is 11.7 Å². The van der Waals surface area contributed by atoms with E-state index in [2.05, 4.69) is 5.92 Å². The van der Waals surface area contributed by atoms with Gasteiger partial charge >= 0.3 is 5.97 Å². The zero-order chi connectivity index (χ0) is 12.1. The lowest BCUT2D eigenvalue weighted by Crippen LogP contribution is -2.26. The largest absolute Gasteiger partial charge is 0.478 e. The van der Waals surface area contributed by atoms with E-state index < -0.39 is 5.97 Å². The number of para-hydroxylation sites is 1. The molecule has 84 valence electrons. The maximum absolute atomic E-state index is 11.1. The third-order valence-electron chi connectivity index (χ3n) is 2.45. The molecule has 3 nitrogen and oxygen atoms in total. The Morgan fingerprint density at radius 2 is 2.25 bits per heavy atom. The fourth-order valence-corrected chi connectivity index (χ4v) is 1.71. The number of nitrogens with zero attached hydrogens (tertiary/aromatic N) is 1. The van der Waals surface area contributed by atoms with Crippen molar-refractivity contribution in [3.63, 3.8) is 0 Å². The molecule has 0 bridgehead atoms. The Bertz CT molecular complexity index is 432. The molecule has 0 atom stereocenters. The van der Waals surface area contributed by atoms with E-state index in [0.717, 1.165) is 11.3 Å². The Balaban J connectivity index is 3.29. The van der Waals surface area contributed by atoms with E-state index >= 15 is 0 Å². The number of aryl methyl sites for hydroxylation is 1. The Hall–Kier alpha value is -1.95. The molecule has 0 aliphatic rings. The highest BCUT2D eigenvalue weighted by Gasteiger charge is 2.16. The summed E-state index contributed by atoms with van der Waals surface area (Å²) in [6.45, 7) is 4.95. The van der Waals surface area contributed by atoms with Crippen LogP contribution in [0.15, 0.2) is 18.2 Å². The summed E-state index contributed by atoms with van der Waals surface area (Å²) in [4.78, 5) is 13.0. The van der Waals surface area contributed by atoms with Crippen molar-refractivity contribution in [2.24, 2.45) is 0 Å². The summed E-state index contributed by atoms with van der Waals surface area (Å²) in [5.41, 5.74) is 1.95. The molecule has 1 N–H and O–H groups in total. The molecule has 0 spiro atoms. The minimum Gasteiger partial charge on any atom is -0.478 e. The Morgan fingerprint density at radius 1 is 1.56 bits per heavy atom. The van der Waals surface area contributed by atoms with Crippen LogP contribution in [-0.2, 0) is 0 Å². The van der Waals surface area contributed by atoms with Crippen LogP contribution in [0.25, 0.3) is 0 Å². The summed E-state index contributed by atoms with van der Waals surface area (Å²) in [5, 5.41) is 9.12. The summed E-state index contributed by atoms with van der Waals surface area (Å²) in [7, 11) is 0. The van der Waals surface area contributed by atoms with E-state index in [4.69, 9.17) is 11.5 Å². The molecular formula is C13H15NO2. The molecule has 0 heterocycles. The van der Waals surface area contributed by atoms with Gasteiger partial charge in [0.1, 0.15) is 0 Å². The highest BCUT2D eigenvalue weighted by Crippen LogP contribution is 2.24. The number of rotatable bonds is 4. The third-order valence-corrected chi connectivity index (χ3v) is 2.45. The highest BCUT2D eigenvalue weighted by atomic mass is 16.4. The predicted molar refractivity (Wildman–Crippen MR) is 64.9 cm³/mol. The normalized spacial score (nSPS) is 9.56. The van der Waals surface area contributed by atoms with Crippen LogP contribution in [0.4, 0.5) is 5.69 Å². The Kier molecular flexibility index (Phi) is 3.96. The fraction of sp³-hybridized carbons (Fsp3) is 0.308. The van der Waals surface area contributed by atoms with Crippen LogP contribution >= 0.6 is 0 Å². The van der Waals surface area contributed by atoms with Crippen molar-refractivity contribution in [2.45, 2.75) is 13.8 Å². The summed E-state index contributed by atoms with van der Waals surface area (Å²) in [5.74, 6) is 1.62. The van der Waals surface area contributed by atoms with Crippen LogP contribution < -0.4 is 4.90 Å². The maximum atomic E-state index is 11.1. The summed E-state index contributed by atoms with van der Waals surface area (Å²) >= 11 is 0. The quantitative estimate of drug-likeness (QED) is 0.786. The number of anilines is 1. The van der Waals surface area contributed by atoms with E-state index in [1.807, 2.05) is 24.8 Å². The van der Waals surface area contributed by atoms with E-state index in [1.165, 1.54) is 0 Å². The van der Waals surface area contributed by atoms with Crippen LogP contribution in [-0.4, -0.2) is 24.2 Å². The van der Waals surface area contributed by atoms with Crippen LogP contribution in [0, 0.1) is 19.3 Å². The summed E-state index contributed by atoms with van der Waals surface area (Å²) < 4.78 is 0. The molecule has 0 amide bonds. The molecule has 0 saturated carbocycles. The molecular weight excluding hydrogens is 202 g/mol. The van der Waals surface area contributed by atoms with Gasteiger partial charge in [-0.1, -0.05) is 18.1 Å². The first-order valence-corrected chi connectivity index (χ1v) is 5.13. The van der Waals surface area contributed by atoms with Gasteiger partial charge in [-0.05, 0) is 25.5 Å². The minimum absolute atomic E-state index is 0.303. The first kappa shape index (κ1) is 12.1. The lowest BCUT2D eigenvalue weighted by Gasteiger charge is -2.24. The summed E-state index contributed by atoms with van der Waals surface area (Å²) in [6, 6.07) is 5.23. The van der Waals surface area contributed by atoms with Gasteiger partial charge in [0.15, 0.2) is 0 Å². The molecule has 0 fully saturated rings. The minimum atomic E-state index is -0.922. The first-order chi connectivity index (χ1) is 7.61. The van der Waals surface area contributed by atoms with Crippen molar-refractivity contribution in [2.75, 3.05) is 18.0 Å². The van der Waals surface area contributed by atoms with Crippen LogP contribution in [0.2, 0.25) is 0 Å². The molecule has 1 rings (SSSR count). The molecule has 3 heteroatoms. The van der Waals surface area contributed by atoms with Gasteiger partial charge in [0.05, 0.1) is 17.8 Å². The second-order valence-electron chi connectivity index (χ2n) is 3.49. The topological polar surface area (TPSA) is 40.5 Å². The average Bonchev–Trinajstić information content (AvgIpc) is 2.26. The SMILES string of the molecule is C#CCN(CC)c1c(C)cccc1C(=O)O. The molecule has 0 radical (unpaired) electrons.